The molecule has 0 saturated carbocycles. The number of halogens is 1. The lowest BCUT2D eigenvalue weighted by atomic mass is 10.1. The summed E-state index contributed by atoms with van der Waals surface area (Å²) in [5.41, 5.74) is 0.198. The first-order valence-electron chi connectivity index (χ1n) is 4.46. The second-order valence-corrected chi connectivity index (χ2v) is 5.53. The molecule has 3 heteroatoms. The lowest BCUT2D eigenvalue weighted by Crippen LogP contribution is -2.37. The zero-order valence-corrected chi connectivity index (χ0v) is 9.93. The third-order valence-corrected chi connectivity index (χ3v) is 3.15. The summed E-state index contributed by atoms with van der Waals surface area (Å²) in [5.74, 6) is 0. The van der Waals surface area contributed by atoms with E-state index < -0.39 is 0 Å². The van der Waals surface area contributed by atoms with Gasteiger partial charge in [0, 0.05) is 17.0 Å². The van der Waals surface area contributed by atoms with Gasteiger partial charge in [0.15, 0.2) is 0 Å². The van der Waals surface area contributed by atoms with Crippen molar-refractivity contribution in [1.29, 1.82) is 0 Å². The van der Waals surface area contributed by atoms with Gasteiger partial charge in [-0.3, -0.25) is 0 Å². The summed E-state index contributed by atoms with van der Waals surface area (Å²) in [6, 6.07) is 1.96. The van der Waals surface area contributed by atoms with Crippen LogP contribution in [0.15, 0.2) is 11.4 Å². The second kappa shape index (κ2) is 4.45. The van der Waals surface area contributed by atoms with Crippen molar-refractivity contribution in [3.8, 4) is 0 Å². The van der Waals surface area contributed by atoms with Crippen LogP contribution in [0.5, 0.6) is 0 Å². The highest BCUT2D eigenvalue weighted by Gasteiger charge is 2.08. The van der Waals surface area contributed by atoms with Crippen LogP contribution in [0, 0.1) is 0 Å². The topological polar surface area (TPSA) is 12.0 Å². The molecule has 0 atom stereocenters. The van der Waals surface area contributed by atoms with Crippen LogP contribution in [-0.4, -0.2) is 12.1 Å². The van der Waals surface area contributed by atoms with Crippen LogP contribution >= 0.6 is 22.9 Å². The van der Waals surface area contributed by atoms with Crippen molar-refractivity contribution in [2.45, 2.75) is 32.7 Å². The zero-order valence-electron chi connectivity index (χ0n) is 8.36. The van der Waals surface area contributed by atoms with Crippen LogP contribution in [-0.2, 0) is 6.42 Å². The highest BCUT2D eigenvalue weighted by atomic mass is 35.5. The SMILES string of the molecule is CC(C)(C)NCCc1sccc1Cl. The second-order valence-electron chi connectivity index (χ2n) is 4.12. The van der Waals surface area contributed by atoms with Crippen LogP contribution in [0.2, 0.25) is 5.02 Å². The molecule has 0 spiro atoms. The monoisotopic (exact) mass is 217 g/mol. The summed E-state index contributed by atoms with van der Waals surface area (Å²) in [5, 5.41) is 6.38. The van der Waals surface area contributed by atoms with Crippen LogP contribution in [0.1, 0.15) is 25.6 Å². The fourth-order valence-electron chi connectivity index (χ4n) is 1.05. The third kappa shape index (κ3) is 4.12. The minimum atomic E-state index is 0.198. The smallest absolute Gasteiger partial charge is 0.0545 e. The Kier molecular flexibility index (Phi) is 3.77. The Morgan fingerprint density at radius 2 is 2.15 bits per heavy atom. The summed E-state index contributed by atoms with van der Waals surface area (Å²) >= 11 is 7.70. The molecule has 0 bridgehead atoms. The maximum atomic E-state index is 5.97. The van der Waals surface area contributed by atoms with E-state index in [1.165, 1.54) is 4.88 Å². The highest BCUT2D eigenvalue weighted by molar-refractivity contribution is 7.10. The molecule has 0 amide bonds. The van der Waals surface area contributed by atoms with E-state index in [4.69, 9.17) is 11.6 Å². The first kappa shape index (κ1) is 11.0. The van der Waals surface area contributed by atoms with Crippen LogP contribution in [0.3, 0.4) is 0 Å². The summed E-state index contributed by atoms with van der Waals surface area (Å²) in [6.07, 6.45) is 1.02. The predicted molar refractivity (Wildman–Crippen MR) is 60.8 cm³/mol. The van der Waals surface area contributed by atoms with E-state index in [0.717, 1.165) is 18.0 Å². The molecule has 1 nitrogen and oxygen atoms in total. The number of rotatable bonds is 3. The van der Waals surface area contributed by atoms with E-state index in [1.54, 1.807) is 11.3 Å². The standard InChI is InChI=1S/C10H16ClNS/c1-10(2,3)12-6-4-9-8(11)5-7-13-9/h5,7,12H,4,6H2,1-3H3. The molecule has 1 aromatic heterocycles. The van der Waals surface area contributed by atoms with Crippen molar-refractivity contribution in [3.63, 3.8) is 0 Å². The molecule has 0 radical (unpaired) electrons. The molecule has 0 saturated heterocycles. The average molecular weight is 218 g/mol. The van der Waals surface area contributed by atoms with E-state index in [0.29, 0.717) is 0 Å². The molecular formula is C10H16ClNS. The minimum absolute atomic E-state index is 0.198. The molecule has 0 aliphatic rings. The third-order valence-electron chi connectivity index (χ3n) is 1.70. The molecule has 0 fully saturated rings. The molecule has 0 unspecified atom stereocenters. The van der Waals surface area contributed by atoms with Gasteiger partial charge in [0.25, 0.3) is 0 Å². The molecule has 1 N–H and O–H groups in total. The predicted octanol–water partition coefficient (Wildman–Crippen LogP) is 3.33. The van der Waals surface area contributed by atoms with Crippen molar-refractivity contribution in [2.75, 3.05) is 6.54 Å². The van der Waals surface area contributed by atoms with Crippen LogP contribution in [0.4, 0.5) is 0 Å². The molecule has 1 rings (SSSR count). The van der Waals surface area contributed by atoms with E-state index >= 15 is 0 Å². The summed E-state index contributed by atoms with van der Waals surface area (Å²) in [4.78, 5) is 1.28. The fraction of sp³-hybridized carbons (Fsp3) is 0.600. The average Bonchev–Trinajstić information content (AvgIpc) is 2.34. The highest BCUT2D eigenvalue weighted by Crippen LogP contribution is 2.22. The normalized spacial score (nSPS) is 12.0. The molecular weight excluding hydrogens is 202 g/mol. The first-order valence-corrected chi connectivity index (χ1v) is 5.72. The Hall–Kier alpha value is -0.0500. The van der Waals surface area contributed by atoms with Crippen LogP contribution in [0.25, 0.3) is 0 Å². The minimum Gasteiger partial charge on any atom is -0.312 e. The van der Waals surface area contributed by atoms with Gasteiger partial charge >= 0.3 is 0 Å². The van der Waals surface area contributed by atoms with Gasteiger partial charge in [-0.05, 0) is 38.6 Å². The lowest BCUT2D eigenvalue weighted by molar-refractivity contribution is 0.430. The Morgan fingerprint density at radius 1 is 1.46 bits per heavy atom. The van der Waals surface area contributed by atoms with Gasteiger partial charge in [-0.2, -0.15) is 0 Å². The van der Waals surface area contributed by atoms with E-state index in [-0.39, 0.29) is 5.54 Å². The molecule has 1 aromatic rings. The van der Waals surface area contributed by atoms with Gasteiger partial charge < -0.3 is 5.32 Å². The molecule has 0 aliphatic carbocycles. The van der Waals surface area contributed by atoms with Gasteiger partial charge in [-0.15, -0.1) is 11.3 Å². The molecule has 1 heterocycles. The summed E-state index contributed by atoms with van der Waals surface area (Å²) in [6.45, 7) is 7.50. The van der Waals surface area contributed by atoms with Crippen molar-refractivity contribution in [2.24, 2.45) is 0 Å². The largest absolute Gasteiger partial charge is 0.312 e. The Morgan fingerprint density at radius 3 is 2.62 bits per heavy atom. The van der Waals surface area contributed by atoms with Crippen molar-refractivity contribution in [1.82, 2.24) is 5.32 Å². The molecule has 0 aromatic carbocycles. The van der Waals surface area contributed by atoms with Gasteiger partial charge in [0.05, 0.1) is 5.02 Å². The first-order chi connectivity index (χ1) is 5.99. The van der Waals surface area contributed by atoms with E-state index in [1.807, 2.05) is 11.4 Å². The van der Waals surface area contributed by atoms with Gasteiger partial charge in [0.1, 0.15) is 0 Å². The molecule has 74 valence electrons. The van der Waals surface area contributed by atoms with Crippen molar-refractivity contribution >= 4 is 22.9 Å². The Labute approximate surface area is 89.1 Å². The summed E-state index contributed by atoms with van der Waals surface area (Å²) < 4.78 is 0. The van der Waals surface area contributed by atoms with Crippen molar-refractivity contribution < 1.29 is 0 Å². The van der Waals surface area contributed by atoms with E-state index in [9.17, 15) is 0 Å². The number of nitrogens with one attached hydrogen (secondary N) is 1. The summed E-state index contributed by atoms with van der Waals surface area (Å²) in [7, 11) is 0. The number of thiophene rings is 1. The van der Waals surface area contributed by atoms with Gasteiger partial charge in [-0.25, -0.2) is 0 Å². The number of hydrogen-bond acceptors (Lipinski definition) is 2. The quantitative estimate of drug-likeness (QED) is 0.819. The maximum Gasteiger partial charge on any atom is 0.0545 e. The van der Waals surface area contributed by atoms with Gasteiger partial charge in [0.2, 0.25) is 0 Å². The molecule has 0 aliphatic heterocycles. The van der Waals surface area contributed by atoms with Gasteiger partial charge in [-0.1, -0.05) is 11.6 Å². The lowest BCUT2D eigenvalue weighted by Gasteiger charge is -2.20. The maximum absolute atomic E-state index is 5.97. The van der Waals surface area contributed by atoms with Crippen LogP contribution < -0.4 is 5.32 Å². The van der Waals surface area contributed by atoms with Crippen molar-refractivity contribution in [3.05, 3.63) is 21.3 Å². The fourth-order valence-corrected chi connectivity index (χ4v) is 2.19. The molecule has 13 heavy (non-hydrogen) atoms. The van der Waals surface area contributed by atoms with E-state index in [2.05, 4.69) is 26.1 Å². The zero-order chi connectivity index (χ0) is 9.90. The number of hydrogen-bond donors (Lipinski definition) is 1. The Bertz CT molecular complexity index is 262. The Balaban J connectivity index is 2.32.